The molecule has 0 fully saturated rings. The molecule has 1 unspecified atom stereocenters. The molecule has 5 rings (SSSR count). The second-order valence-electron chi connectivity index (χ2n) is 9.44. The molecule has 1 aliphatic rings. The summed E-state index contributed by atoms with van der Waals surface area (Å²) in [5, 5.41) is 11.1. The van der Waals surface area contributed by atoms with Crippen molar-refractivity contribution in [2.75, 3.05) is 6.61 Å². The van der Waals surface area contributed by atoms with Crippen molar-refractivity contribution in [2.24, 2.45) is 0 Å². The monoisotopic (exact) mass is 547 g/mol. The summed E-state index contributed by atoms with van der Waals surface area (Å²) in [6.45, 7) is 5.10. The molecule has 1 N–H and O–H groups in total. The second kappa shape index (κ2) is 9.13. The molecule has 0 saturated carbocycles. The molecule has 1 atom stereocenters. The van der Waals surface area contributed by atoms with Crippen LogP contribution >= 0.6 is 15.9 Å². The van der Waals surface area contributed by atoms with Crippen molar-refractivity contribution in [2.45, 2.75) is 38.3 Å². The number of rotatable bonds is 6. The molecular formula is C29H26BrNO5. The van der Waals surface area contributed by atoms with E-state index in [2.05, 4.69) is 28.1 Å². The Morgan fingerprint density at radius 2 is 1.64 bits per heavy atom. The molecule has 1 heterocycles. The molecule has 36 heavy (non-hydrogen) atoms. The fraction of sp³-hybridized carbons (Fsp3) is 0.241. The number of carbonyl (C=O) groups excluding carboxylic acids is 1. The van der Waals surface area contributed by atoms with E-state index in [0.29, 0.717) is 5.58 Å². The number of fused-ring (bicyclic) bond motifs is 4. The SMILES string of the molecule is CC(C)N(C(=O)OCC1c2ccccc2-c2ccccc21)C(C)(C(=O)O)c1cc2cc(Br)ccc2o1. The number of benzene rings is 3. The van der Waals surface area contributed by atoms with Crippen LogP contribution < -0.4 is 0 Å². The Kier molecular flexibility index (Phi) is 6.12. The van der Waals surface area contributed by atoms with Crippen molar-refractivity contribution >= 4 is 39.0 Å². The minimum Gasteiger partial charge on any atom is -0.479 e. The molecule has 1 aromatic heterocycles. The third-order valence-corrected chi connectivity index (χ3v) is 7.40. The highest BCUT2D eigenvalue weighted by Gasteiger charge is 2.49. The van der Waals surface area contributed by atoms with Crippen LogP contribution in [0.15, 0.2) is 81.7 Å². The maximum atomic E-state index is 13.6. The van der Waals surface area contributed by atoms with Crippen molar-refractivity contribution in [1.82, 2.24) is 4.90 Å². The van der Waals surface area contributed by atoms with Crippen molar-refractivity contribution < 1.29 is 23.8 Å². The van der Waals surface area contributed by atoms with Gasteiger partial charge in [0.15, 0.2) is 5.54 Å². The number of carboxylic acids is 1. The Bertz CT molecular complexity index is 1430. The molecule has 0 aliphatic heterocycles. The van der Waals surface area contributed by atoms with Crippen LogP contribution in [0.2, 0.25) is 0 Å². The minimum atomic E-state index is -1.78. The number of hydrogen-bond donors (Lipinski definition) is 1. The summed E-state index contributed by atoms with van der Waals surface area (Å²) in [4.78, 5) is 27.5. The molecule has 0 saturated heterocycles. The molecule has 0 radical (unpaired) electrons. The van der Waals surface area contributed by atoms with Crippen LogP contribution in [-0.2, 0) is 15.1 Å². The molecular weight excluding hydrogens is 522 g/mol. The maximum Gasteiger partial charge on any atom is 0.411 e. The zero-order valence-corrected chi connectivity index (χ0v) is 21.8. The number of furan rings is 1. The first-order valence-corrected chi connectivity index (χ1v) is 12.6. The molecule has 184 valence electrons. The van der Waals surface area contributed by atoms with Crippen LogP contribution in [0.5, 0.6) is 0 Å². The first-order valence-electron chi connectivity index (χ1n) is 11.8. The highest BCUT2D eigenvalue weighted by atomic mass is 79.9. The number of carboxylic acid groups (broad SMARTS) is 1. The lowest BCUT2D eigenvalue weighted by Gasteiger charge is -2.38. The van der Waals surface area contributed by atoms with Gasteiger partial charge in [-0.25, -0.2) is 9.59 Å². The van der Waals surface area contributed by atoms with E-state index in [-0.39, 0.29) is 18.3 Å². The number of amides is 1. The predicted molar refractivity (Wildman–Crippen MR) is 141 cm³/mol. The van der Waals surface area contributed by atoms with Gasteiger partial charge in [-0.15, -0.1) is 0 Å². The number of nitrogens with zero attached hydrogens (tertiary/aromatic N) is 1. The highest BCUT2D eigenvalue weighted by molar-refractivity contribution is 9.10. The predicted octanol–water partition coefficient (Wildman–Crippen LogP) is 7.15. The second-order valence-corrected chi connectivity index (χ2v) is 10.4. The van der Waals surface area contributed by atoms with Crippen LogP contribution in [0.3, 0.4) is 0 Å². The van der Waals surface area contributed by atoms with Crippen LogP contribution in [0.1, 0.15) is 43.6 Å². The lowest BCUT2D eigenvalue weighted by atomic mass is 9.95. The lowest BCUT2D eigenvalue weighted by Crippen LogP contribution is -2.55. The Labute approximate surface area is 217 Å². The van der Waals surface area contributed by atoms with Gasteiger partial charge in [-0.05, 0) is 67.3 Å². The van der Waals surface area contributed by atoms with Gasteiger partial charge in [0.05, 0.1) is 0 Å². The molecule has 0 bridgehead atoms. The quantitative estimate of drug-likeness (QED) is 0.277. The standard InChI is InChI=1S/C29H26BrNO5/c1-17(2)31(29(3,27(32)33)26-15-18-14-19(30)12-13-25(18)36-26)28(34)35-16-24-22-10-6-4-8-20(22)21-9-5-7-11-23(21)24/h4-15,17,24H,16H2,1-3H3,(H,32,33). The average Bonchev–Trinajstić information content (AvgIpc) is 3.41. The molecule has 3 aromatic carbocycles. The maximum absolute atomic E-state index is 13.6. The molecule has 1 aliphatic carbocycles. The highest BCUT2D eigenvalue weighted by Crippen LogP contribution is 2.45. The largest absolute Gasteiger partial charge is 0.479 e. The van der Waals surface area contributed by atoms with Gasteiger partial charge in [-0.2, -0.15) is 0 Å². The van der Waals surface area contributed by atoms with E-state index in [9.17, 15) is 14.7 Å². The van der Waals surface area contributed by atoms with Gasteiger partial charge in [0.25, 0.3) is 0 Å². The van der Waals surface area contributed by atoms with Crippen molar-refractivity contribution in [3.8, 4) is 11.1 Å². The molecule has 7 heteroatoms. The normalized spacial score (nSPS) is 14.4. The van der Waals surface area contributed by atoms with E-state index in [1.54, 1.807) is 26.0 Å². The topological polar surface area (TPSA) is 80.0 Å². The Morgan fingerprint density at radius 3 is 2.22 bits per heavy atom. The summed E-state index contributed by atoms with van der Waals surface area (Å²) >= 11 is 3.43. The summed E-state index contributed by atoms with van der Waals surface area (Å²) < 4.78 is 12.6. The van der Waals surface area contributed by atoms with Gasteiger partial charge < -0.3 is 14.3 Å². The lowest BCUT2D eigenvalue weighted by molar-refractivity contribution is -0.152. The third kappa shape index (κ3) is 3.88. The first-order chi connectivity index (χ1) is 17.2. The summed E-state index contributed by atoms with van der Waals surface area (Å²) in [7, 11) is 0. The van der Waals surface area contributed by atoms with Crippen LogP contribution in [-0.4, -0.2) is 34.7 Å². The summed E-state index contributed by atoms with van der Waals surface area (Å²) in [6.07, 6.45) is -0.710. The summed E-state index contributed by atoms with van der Waals surface area (Å²) in [6, 6.07) is 22.8. The fourth-order valence-electron chi connectivity index (χ4n) is 5.15. The average molecular weight is 548 g/mol. The van der Waals surface area contributed by atoms with Crippen LogP contribution in [0.25, 0.3) is 22.1 Å². The number of aliphatic carboxylic acids is 1. The Hall–Kier alpha value is -3.58. The van der Waals surface area contributed by atoms with E-state index < -0.39 is 23.6 Å². The Morgan fingerprint density at radius 1 is 1.03 bits per heavy atom. The van der Waals surface area contributed by atoms with Crippen molar-refractivity contribution in [3.05, 3.63) is 94.2 Å². The van der Waals surface area contributed by atoms with Gasteiger partial charge in [-0.3, -0.25) is 4.90 Å². The number of halogens is 1. The van der Waals surface area contributed by atoms with E-state index in [4.69, 9.17) is 9.15 Å². The van der Waals surface area contributed by atoms with E-state index in [0.717, 1.165) is 32.1 Å². The van der Waals surface area contributed by atoms with Gasteiger partial charge in [0, 0.05) is 21.8 Å². The van der Waals surface area contributed by atoms with Crippen molar-refractivity contribution in [1.29, 1.82) is 0 Å². The zero-order chi connectivity index (χ0) is 25.6. The van der Waals surface area contributed by atoms with E-state index >= 15 is 0 Å². The van der Waals surface area contributed by atoms with Gasteiger partial charge in [-0.1, -0.05) is 64.5 Å². The Balaban J connectivity index is 1.47. The molecule has 0 spiro atoms. The van der Waals surface area contributed by atoms with E-state index in [1.807, 2.05) is 48.5 Å². The number of ether oxygens (including phenoxy) is 1. The first kappa shape index (κ1) is 24.1. The number of hydrogen-bond acceptors (Lipinski definition) is 4. The van der Waals surface area contributed by atoms with E-state index in [1.165, 1.54) is 11.8 Å². The summed E-state index contributed by atoms with van der Waals surface area (Å²) in [5.74, 6) is -1.18. The smallest absolute Gasteiger partial charge is 0.411 e. The number of carbonyl (C=O) groups is 2. The van der Waals surface area contributed by atoms with Crippen LogP contribution in [0, 0.1) is 0 Å². The molecule has 1 amide bonds. The third-order valence-electron chi connectivity index (χ3n) is 6.91. The molecule has 6 nitrogen and oxygen atoms in total. The summed E-state index contributed by atoms with van der Waals surface area (Å²) in [5.41, 5.74) is 3.19. The zero-order valence-electron chi connectivity index (χ0n) is 20.2. The molecule has 4 aromatic rings. The van der Waals surface area contributed by atoms with Gasteiger partial charge in [0.2, 0.25) is 0 Å². The minimum absolute atomic E-state index is 0.0961. The van der Waals surface area contributed by atoms with Crippen LogP contribution in [0.4, 0.5) is 4.79 Å². The van der Waals surface area contributed by atoms with Crippen molar-refractivity contribution in [3.63, 3.8) is 0 Å². The van der Waals surface area contributed by atoms with Gasteiger partial charge >= 0.3 is 12.1 Å². The van der Waals surface area contributed by atoms with Gasteiger partial charge in [0.1, 0.15) is 18.0 Å². The fourth-order valence-corrected chi connectivity index (χ4v) is 5.53.